The summed E-state index contributed by atoms with van der Waals surface area (Å²) in [5.41, 5.74) is 1.04. The van der Waals surface area contributed by atoms with E-state index in [1.165, 1.54) is 0 Å². The fraction of sp³-hybridized carbons (Fsp3) is 0.600. The van der Waals surface area contributed by atoms with Gasteiger partial charge in [-0.1, -0.05) is 31.7 Å². The van der Waals surface area contributed by atoms with Crippen molar-refractivity contribution in [3.8, 4) is 0 Å². The second kappa shape index (κ2) is 6.14. The first-order chi connectivity index (χ1) is 9.37. The van der Waals surface area contributed by atoms with Gasteiger partial charge >= 0.3 is 0 Å². The van der Waals surface area contributed by atoms with E-state index in [0.717, 1.165) is 17.3 Å². The number of hydrogen-bond donors (Lipinski definition) is 1. The third-order valence-corrected chi connectivity index (χ3v) is 4.62. The molecule has 0 radical (unpaired) electrons. The van der Waals surface area contributed by atoms with Crippen LogP contribution in [-0.2, 0) is 0 Å². The van der Waals surface area contributed by atoms with Gasteiger partial charge in [0, 0.05) is 23.5 Å². The number of fused-ring (bicyclic) bond motifs is 1. The lowest BCUT2D eigenvalue weighted by molar-refractivity contribution is 0.407. The average molecular weight is 292 g/mol. The highest BCUT2D eigenvalue weighted by Gasteiger charge is 2.20. The van der Waals surface area contributed by atoms with Crippen molar-refractivity contribution in [2.45, 2.75) is 50.6 Å². The molecule has 2 aromatic heterocycles. The molecule has 0 aliphatic rings. The van der Waals surface area contributed by atoms with Gasteiger partial charge in [0.15, 0.2) is 10.8 Å². The minimum absolute atomic E-state index is 0.139. The predicted molar refractivity (Wildman–Crippen MR) is 85.2 cm³/mol. The molecule has 20 heavy (non-hydrogen) atoms. The Balaban J connectivity index is 2.12. The summed E-state index contributed by atoms with van der Waals surface area (Å²) in [5, 5.41) is 13.5. The van der Waals surface area contributed by atoms with Gasteiger partial charge < -0.3 is 5.32 Å². The van der Waals surface area contributed by atoms with Crippen molar-refractivity contribution < 1.29 is 0 Å². The molecule has 0 fully saturated rings. The maximum absolute atomic E-state index is 4.31. The zero-order valence-corrected chi connectivity index (χ0v) is 13.7. The summed E-state index contributed by atoms with van der Waals surface area (Å²) in [6.07, 6.45) is 2.02. The van der Waals surface area contributed by atoms with Crippen LogP contribution < -0.4 is 5.32 Å². The summed E-state index contributed by atoms with van der Waals surface area (Å²) >= 11 is 1.80. The number of nitrogens with zero attached hydrogens (tertiary/aromatic N) is 3. The van der Waals surface area contributed by atoms with Crippen LogP contribution in [0.5, 0.6) is 0 Å². The topological polar surface area (TPSA) is 42.2 Å². The molecule has 1 unspecified atom stereocenters. The third-order valence-electron chi connectivity index (χ3n) is 3.12. The van der Waals surface area contributed by atoms with Crippen molar-refractivity contribution in [1.82, 2.24) is 19.9 Å². The summed E-state index contributed by atoms with van der Waals surface area (Å²) < 4.78 is 2.05. The Labute approximate surface area is 125 Å². The van der Waals surface area contributed by atoms with E-state index in [2.05, 4.69) is 54.5 Å². The Morgan fingerprint density at radius 1 is 1.25 bits per heavy atom. The highest BCUT2D eigenvalue weighted by Crippen LogP contribution is 2.27. The maximum atomic E-state index is 4.31. The molecule has 2 heterocycles. The predicted octanol–water partition coefficient (Wildman–Crippen LogP) is 3.23. The molecule has 2 rings (SSSR count). The van der Waals surface area contributed by atoms with Crippen LogP contribution in [0.1, 0.15) is 34.6 Å². The van der Waals surface area contributed by atoms with E-state index >= 15 is 0 Å². The zero-order chi connectivity index (χ0) is 14.8. The van der Waals surface area contributed by atoms with Crippen LogP contribution in [0.25, 0.3) is 5.65 Å². The Kier molecular flexibility index (Phi) is 4.70. The van der Waals surface area contributed by atoms with Crippen molar-refractivity contribution in [3.05, 3.63) is 24.4 Å². The number of aromatic nitrogens is 3. The highest BCUT2D eigenvalue weighted by atomic mass is 32.2. The summed E-state index contributed by atoms with van der Waals surface area (Å²) in [7, 11) is 0. The van der Waals surface area contributed by atoms with Crippen molar-refractivity contribution in [3.63, 3.8) is 0 Å². The Hall–Kier alpha value is -1.07. The van der Waals surface area contributed by atoms with Crippen molar-refractivity contribution in [2.24, 2.45) is 5.92 Å². The number of rotatable bonds is 5. The summed E-state index contributed by atoms with van der Waals surface area (Å²) in [5.74, 6) is 0.575. The van der Waals surface area contributed by atoms with Gasteiger partial charge in [0.25, 0.3) is 0 Å². The van der Waals surface area contributed by atoms with Gasteiger partial charge in [-0.3, -0.25) is 4.40 Å². The van der Waals surface area contributed by atoms with Gasteiger partial charge in [0.05, 0.1) is 0 Å². The molecule has 0 bridgehead atoms. The van der Waals surface area contributed by atoms with Gasteiger partial charge in [-0.15, -0.1) is 10.2 Å². The molecule has 2 aromatic rings. The molecule has 0 aromatic carbocycles. The zero-order valence-electron chi connectivity index (χ0n) is 12.9. The first kappa shape index (κ1) is 15.3. The first-order valence-electron chi connectivity index (χ1n) is 7.08. The molecule has 4 nitrogen and oxygen atoms in total. The normalized spacial score (nSPS) is 14.1. The van der Waals surface area contributed by atoms with Crippen LogP contribution in [0.15, 0.2) is 29.6 Å². The summed E-state index contributed by atoms with van der Waals surface area (Å²) in [6.45, 7) is 12.1. The fourth-order valence-electron chi connectivity index (χ4n) is 1.86. The van der Waals surface area contributed by atoms with Crippen LogP contribution >= 0.6 is 11.8 Å². The second-order valence-corrected chi connectivity index (χ2v) is 7.65. The van der Waals surface area contributed by atoms with Gasteiger partial charge in [-0.25, -0.2) is 0 Å². The maximum Gasteiger partial charge on any atom is 0.195 e. The SMILES string of the molecule is CC(C)C(CNC(C)(C)C)Sc1nnc2ccccn12. The van der Waals surface area contributed by atoms with Crippen LogP contribution in [0.2, 0.25) is 0 Å². The van der Waals surface area contributed by atoms with Crippen LogP contribution in [0, 0.1) is 5.92 Å². The lowest BCUT2D eigenvalue weighted by Gasteiger charge is -2.26. The smallest absolute Gasteiger partial charge is 0.195 e. The van der Waals surface area contributed by atoms with Gasteiger partial charge in [-0.05, 0) is 38.8 Å². The first-order valence-corrected chi connectivity index (χ1v) is 7.96. The van der Waals surface area contributed by atoms with E-state index in [0.29, 0.717) is 11.2 Å². The number of nitrogens with one attached hydrogen (secondary N) is 1. The minimum Gasteiger partial charge on any atom is -0.311 e. The summed E-state index contributed by atoms with van der Waals surface area (Å²) in [4.78, 5) is 0. The van der Waals surface area contributed by atoms with E-state index < -0.39 is 0 Å². The quantitative estimate of drug-likeness (QED) is 0.859. The number of thioether (sulfide) groups is 1. The molecule has 5 heteroatoms. The fourth-order valence-corrected chi connectivity index (χ4v) is 2.92. The van der Waals surface area contributed by atoms with Crippen LogP contribution in [0.4, 0.5) is 0 Å². The molecular weight excluding hydrogens is 268 g/mol. The monoisotopic (exact) mass is 292 g/mol. The highest BCUT2D eigenvalue weighted by molar-refractivity contribution is 7.99. The van der Waals surface area contributed by atoms with E-state index in [-0.39, 0.29) is 5.54 Å². The Morgan fingerprint density at radius 3 is 2.65 bits per heavy atom. The molecule has 0 spiro atoms. The molecule has 0 aliphatic carbocycles. The molecule has 110 valence electrons. The lowest BCUT2D eigenvalue weighted by Crippen LogP contribution is -2.41. The molecule has 0 amide bonds. The van der Waals surface area contributed by atoms with Gasteiger partial charge in [0.1, 0.15) is 0 Å². The van der Waals surface area contributed by atoms with Crippen LogP contribution in [0.3, 0.4) is 0 Å². The molecule has 1 atom stereocenters. The molecular formula is C15H24N4S. The molecule has 0 aliphatic heterocycles. The average Bonchev–Trinajstić information content (AvgIpc) is 2.76. The lowest BCUT2D eigenvalue weighted by atomic mass is 10.1. The second-order valence-electron chi connectivity index (χ2n) is 6.44. The van der Waals surface area contributed by atoms with Crippen molar-refractivity contribution in [1.29, 1.82) is 0 Å². The Bertz CT molecular complexity index is 556. The molecule has 0 saturated heterocycles. The molecule has 0 saturated carbocycles. The van der Waals surface area contributed by atoms with Crippen molar-refractivity contribution in [2.75, 3.05) is 6.54 Å². The van der Waals surface area contributed by atoms with Gasteiger partial charge in [-0.2, -0.15) is 0 Å². The minimum atomic E-state index is 0.139. The standard InChI is InChI=1S/C15H24N4S/c1-11(2)12(10-16-15(3,4)5)20-14-18-17-13-8-6-7-9-19(13)14/h6-9,11-12,16H,10H2,1-5H3. The van der Waals surface area contributed by atoms with Crippen molar-refractivity contribution >= 4 is 17.4 Å². The van der Waals surface area contributed by atoms with E-state index in [4.69, 9.17) is 0 Å². The Morgan fingerprint density at radius 2 is 2.00 bits per heavy atom. The summed E-state index contributed by atoms with van der Waals surface area (Å²) in [6, 6.07) is 5.98. The van der Waals surface area contributed by atoms with E-state index in [9.17, 15) is 0 Å². The molecule has 1 N–H and O–H groups in total. The third kappa shape index (κ3) is 3.96. The number of pyridine rings is 1. The van der Waals surface area contributed by atoms with E-state index in [1.807, 2.05) is 24.4 Å². The van der Waals surface area contributed by atoms with Gasteiger partial charge in [0.2, 0.25) is 0 Å². The van der Waals surface area contributed by atoms with E-state index in [1.54, 1.807) is 11.8 Å². The largest absolute Gasteiger partial charge is 0.311 e. The van der Waals surface area contributed by atoms with Crippen LogP contribution in [-0.4, -0.2) is 31.9 Å². The number of hydrogen-bond acceptors (Lipinski definition) is 4.